The highest BCUT2D eigenvalue weighted by Gasteiger charge is 2.34. The van der Waals surface area contributed by atoms with E-state index in [1.165, 1.54) is 11.8 Å². The molecule has 0 unspecified atom stereocenters. The highest BCUT2D eigenvalue weighted by atomic mass is 35.5. The van der Waals surface area contributed by atoms with E-state index >= 15 is 0 Å². The van der Waals surface area contributed by atoms with Gasteiger partial charge >= 0.3 is 0 Å². The zero-order valence-electron chi connectivity index (χ0n) is 14.5. The first-order valence-electron chi connectivity index (χ1n) is 8.50. The Labute approximate surface area is 177 Å². The second-order valence-corrected chi connectivity index (χ2v) is 7.75. The van der Waals surface area contributed by atoms with Crippen LogP contribution in [0.25, 0.3) is 6.08 Å². The lowest BCUT2D eigenvalue weighted by Crippen LogP contribution is -2.28. The van der Waals surface area contributed by atoms with Crippen LogP contribution in [0.5, 0.6) is 0 Å². The minimum atomic E-state index is -0.151. The van der Waals surface area contributed by atoms with Crippen molar-refractivity contribution in [2.24, 2.45) is 4.99 Å². The Morgan fingerprint density at radius 3 is 2.25 bits per heavy atom. The molecular weight excluding hydrogens is 411 g/mol. The monoisotopic (exact) mass is 424 g/mol. The van der Waals surface area contributed by atoms with Crippen molar-refractivity contribution in [1.82, 2.24) is 0 Å². The maximum Gasteiger partial charge on any atom is 0.271 e. The zero-order valence-corrected chi connectivity index (χ0v) is 16.9. The van der Waals surface area contributed by atoms with E-state index in [9.17, 15) is 4.79 Å². The fourth-order valence-corrected chi connectivity index (χ4v) is 4.09. The summed E-state index contributed by atoms with van der Waals surface area (Å²) in [5.41, 5.74) is 2.23. The lowest BCUT2D eigenvalue weighted by atomic mass is 10.2. The number of hydrogen-bond acceptors (Lipinski definition) is 3. The molecule has 28 heavy (non-hydrogen) atoms. The summed E-state index contributed by atoms with van der Waals surface area (Å²) in [6.07, 6.45) is 1.75. The van der Waals surface area contributed by atoms with Gasteiger partial charge < -0.3 is 0 Å². The Kier molecular flexibility index (Phi) is 5.53. The molecule has 0 bridgehead atoms. The number of amidine groups is 1. The molecule has 1 saturated heterocycles. The average molecular weight is 425 g/mol. The number of nitrogens with zero attached hydrogens (tertiary/aromatic N) is 2. The Balaban J connectivity index is 1.79. The Hall–Kier alpha value is -2.53. The van der Waals surface area contributed by atoms with Crippen LogP contribution in [0.15, 0.2) is 88.8 Å². The molecule has 0 saturated carbocycles. The third-order valence-corrected chi connectivity index (χ3v) is 5.87. The molecule has 3 nitrogen and oxygen atoms in total. The molecule has 0 N–H and O–H groups in total. The van der Waals surface area contributed by atoms with Crippen LogP contribution in [0.1, 0.15) is 5.56 Å². The Morgan fingerprint density at radius 2 is 1.54 bits per heavy atom. The number of hydrogen-bond donors (Lipinski definition) is 0. The van der Waals surface area contributed by atoms with Gasteiger partial charge in [0.1, 0.15) is 0 Å². The minimum Gasteiger partial charge on any atom is -0.268 e. The molecule has 4 rings (SSSR count). The Morgan fingerprint density at radius 1 is 0.857 bits per heavy atom. The quantitative estimate of drug-likeness (QED) is 0.432. The van der Waals surface area contributed by atoms with Crippen molar-refractivity contribution < 1.29 is 4.79 Å². The van der Waals surface area contributed by atoms with Crippen LogP contribution in [-0.2, 0) is 4.79 Å². The number of para-hydroxylation sites is 2. The van der Waals surface area contributed by atoms with Gasteiger partial charge in [0.2, 0.25) is 0 Å². The molecule has 0 radical (unpaired) electrons. The summed E-state index contributed by atoms with van der Waals surface area (Å²) in [5, 5.41) is 1.46. The van der Waals surface area contributed by atoms with Crippen molar-refractivity contribution in [3.63, 3.8) is 0 Å². The molecule has 0 spiro atoms. The number of anilines is 1. The number of carbonyl (C=O) groups is 1. The first kappa shape index (κ1) is 18.8. The fourth-order valence-electron chi connectivity index (χ4n) is 2.74. The molecule has 1 heterocycles. The molecule has 3 aromatic rings. The summed E-state index contributed by atoms with van der Waals surface area (Å²) < 4.78 is 0. The number of halogens is 2. The molecule has 0 aromatic heterocycles. The van der Waals surface area contributed by atoms with Crippen molar-refractivity contribution in [3.8, 4) is 0 Å². The average Bonchev–Trinajstić information content (AvgIpc) is 3.02. The van der Waals surface area contributed by atoms with Crippen molar-refractivity contribution in [3.05, 3.63) is 99.4 Å². The van der Waals surface area contributed by atoms with Gasteiger partial charge in [-0.15, -0.1) is 0 Å². The van der Waals surface area contributed by atoms with Crippen molar-refractivity contribution >= 4 is 63.5 Å². The third-order valence-electron chi connectivity index (χ3n) is 4.07. The molecule has 1 aliphatic rings. The normalized spacial score (nSPS) is 16.9. The number of rotatable bonds is 3. The van der Waals surface area contributed by atoms with E-state index in [4.69, 9.17) is 23.2 Å². The van der Waals surface area contributed by atoms with Gasteiger partial charge in [0.25, 0.3) is 5.91 Å². The summed E-state index contributed by atoms with van der Waals surface area (Å²) in [7, 11) is 0. The van der Waals surface area contributed by atoms with Crippen LogP contribution in [0.3, 0.4) is 0 Å². The number of amides is 1. The third kappa shape index (κ3) is 3.85. The van der Waals surface area contributed by atoms with Crippen LogP contribution < -0.4 is 4.90 Å². The largest absolute Gasteiger partial charge is 0.271 e. The van der Waals surface area contributed by atoms with Crippen LogP contribution in [0, 0.1) is 0 Å². The molecule has 138 valence electrons. The van der Waals surface area contributed by atoms with Crippen LogP contribution >= 0.6 is 35.0 Å². The molecule has 3 aromatic carbocycles. The number of benzene rings is 3. The van der Waals surface area contributed by atoms with Gasteiger partial charge in [-0.3, -0.25) is 9.69 Å². The summed E-state index contributed by atoms with van der Waals surface area (Å²) in [6.45, 7) is 0. The van der Waals surface area contributed by atoms with Gasteiger partial charge in [0.15, 0.2) is 5.17 Å². The highest BCUT2D eigenvalue weighted by molar-refractivity contribution is 8.19. The van der Waals surface area contributed by atoms with E-state index in [1.807, 2.05) is 66.7 Å². The molecule has 1 fully saturated rings. The predicted molar refractivity (Wildman–Crippen MR) is 119 cm³/mol. The molecule has 0 atom stereocenters. The van der Waals surface area contributed by atoms with Crippen LogP contribution in [0.4, 0.5) is 11.4 Å². The minimum absolute atomic E-state index is 0.151. The van der Waals surface area contributed by atoms with E-state index < -0.39 is 0 Å². The highest BCUT2D eigenvalue weighted by Crippen LogP contribution is 2.38. The zero-order chi connectivity index (χ0) is 19.5. The van der Waals surface area contributed by atoms with Crippen molar-refractivity contribution in [1.29, 1.82) is 0 Å². The van der Waals surface area contributed by atoms with E-state index in [0.717, 1.165) is 11.4 Å². The van der Waals surface area contributed by atoms with Crippen molar-refractivity contribution in [2.75, 3.05) is 4.90 Å². The second kappa shape index (κ2) is 8.23. The molecular formula is C22H14Cl2N2OS. The van der Waals surface area contributed by atoms with Gasteiger partial charge in [0.05, 0.1) is 26.3 Å². The number of thioether (sulfide) groups is 1. The maximum absolute atomic E-state index is 13.2. The predicted octanol–water partition coefficient (Wildman–Crippen LogP) is 6.80. The second-order valence-electron chi connectivity index (χ2n) is 5.96. The lowest BCUT2D eigenvalue weighted by molar-refractivity contribution is -0.113. The summed E-state index contributed by atoms with van der Waals surface area (Å²) >= 11 is 13.7. The molecule has 1 aliphatic heterocycles. The van der Waals surface area contributed by atoms with Crippen molar-refractivity contribution in [2.45, 2.75) is 0 Å². The van der Waals surface area contributed by atoms with E-state index in [-0.39, 0.29) is 5.91 Å². The van der Waals surface area contributed by atoms with Gasteiger partial charge in [-0.25, -0.2) is 4.99 Å². The summed E-state index contributed by atoms with van der Waals surface area (Å²) in [6, 6.07) is 24.4. The first-order chi connectivity index (χ1) is 13.6. The number of aliphatic imine (C=N–C) groups is 1. The summed E-state index contributed by atoms with van der Waals surface area (Å²) in [5.74, 6) is -0.151. The Bertz CT molecular complexity index is 1080. The number of carbonyl (C=O) groups excluding carboxylic acids is 1. The fraction of sp³-hybridized carbons (Fsp3) is 0. The van der Waals surface area contributed by atoms with E-state index in [1.54, 1.807) is 23.1 Å². The topological polar surface area (TPSA) is 32.7 Å². The maximum atomic E-state index is 13.2. The van der Waals surface area contributed by atoms with Crippen LogP contribution in [-0.4, -0.2) is 11.1 Å². The smallest absolute Gasteiger partial charge is 0.268 e. The van der Waals surface area contributed by atoms with Gasteiger partial charge in [-0.05, 0) is 53.7 Å². The van der Waals surface area contributed by atoms with Gasteiger partial charge in [-0.2, -0.15) is 0 Å². The summed E-state index contributed by atoms with van der Waals surface area (Å²) in [4.78, 5) is 20.0. The van der Waals surface area contributed by atoms with E-state index in [2.05, 4.69) is 4.99 Å². The standard InChI is InChI=1S/C22H14Cl2N2OS/c23-18-13-7-8-15(20(18)24)14-19-21(27)26(17-11-5-2-6-12-17)22(28-19)25-16-9-3-1-4-10-16/h1-14H/b19-14-,25-22?. The molecule has 0 aliphatic carbocycles. The van der Waals surface area contributed by atoms with Gasteiger partial charge in [-0.1, -0.05) is 71.7 Å². The van der Waals surface area contributed by atoms with Gasteiger partial charge in [0, 0.05) is 0 Å². The van der Waals surface area contributed by atoms with E-state index in [0.29, 0.717) is 25.7 Å². The van der Waals surface area contributed by atoms with Crippen LogP contribution in [0.2, 0.25) is 10.0 Å². The molecule has 1 amide bonds. The molecule has 6 heteroatoms. The first-order valence-corrected chi connectivity index (χ1v) is 10.1. The lowest BCUT2D eigenvalue weighted by Gasteiger charge is -2.15. The SMILES string of the molecule is O=C1/C(=C/c2cccc(Cl)c2Cl)SC(=Nc2ccccc2)N1c1ccccc1.